The van der Waals surface area contributed by atoms with E-state index in [4.69, 9.17) is 4.74 Å². The Morgan fingerprint density at radius 1 is 1.37 bits per heavy atom. The third kappa shape index (κ3) is 2.59. The van der Waals surface area contributed by atoms with Gasteiger partial charge >= 0.3 is 6.09 Å². The maximum absolute atomic E-state index is 12.0. The predicted molar refractivity (Wildman–Crippen MR) is 70.4 cm³/mol. The summed E-state index contributed by atoms with van der Waals surface area (Å²) in [5, 5.41) is 9.59. The van der Waals surface area contributed by atoms with Crippen LogP contribution in [0.2, 0.25) is 0 Å². The number of carbonyl (C=O) groups excluding carboxylic acids is 1. The summed E-state index contributed by atoms with van der Waals surface area (Å²) in [4.78, 5) is 13.7. The van der Waals surface area contributed by atoms with Crippen molar-refractivity contribution < 1.29 is 14.6 Å². The average molecular weight is 261 g/mol. The van der Waals surface area contributed by atoms with Crippen LogP contribution in [0.5, 0.6) is 0 Å². The first-order chi connectivity index (χ1) is 9.24. The van der Waals surface area contributed by atoms with Gasteiger partial charge in [-0.1, -0.05) is 30.3 Å². The number of aliphatic hydroxyl groups is 1. The lowest BCUT2D eigenvalue weighted by Crippen LogP contribution is -2.54. The van der Waals surface area contributed by atoms with Crippen LogP contribution in [0.3, 0.4) is 0 Å². The molecule has 19 heavy (non-hydrogen) atoms. The number of hydrogen-bond donors (Lipinski definition) is 1. The van der Waals surface area contributed by atoms with Gasteiger partial charge in [-0.2, -0.15) is 0 Å². The molecular formula is C15H19NO3. The summed E-state index contributed by atoms with van der Waals surface area (Å²) in [7, 11) is 0. The molecule has 1 aliphatic carbocycles. The Balaban J connectivity index is 1.49. The Labute approximate surface area is 113 Å². The van der Waals surface area contributed by atoms with Crippen molar-refractivity contribution >= 4 is 6.09 Å². The van der Waals surface area contributed by atoms with Gasteiger partial charge in [-0.25, -0.2) is 4.79 Å². The van der Waals surface area contributed by atoms with Gasteiger partial charge in [0.25, 0.3) is 0 Å². The molecule has 1 aliphatic heterocycles. The van der Waals surface area contributed by atoms with E-state index in [1.54, 1.807) is 4.90 Å². The molecule has 3 atom stereocenters. The summed E-state index contributed by atoms with van der Waals surface area (Å²) in [6.07, 6.45) is 1.34. The van der Waals surface area contributed by atoms with Gasteiger partial charge in [0.15, 0.2) is 0 Å². The van der Waals surface area contributed by atoms with Gasteiger partial charge < -0.3 is 14.7 Å². The van der Waals surface area contributed by atoms with Crippen molar-refractivity contribution in [1.82, 2.24) is 4.90 Å². The summed E-state index contributed by atoms with van der Waals surface area (Å²) in [6.45, 7) is 1.76. The standard InChI is InChI=1S/C15H19NO3/c17-14-8-12-9-16(7-6-13(12)14)15(18)19-10-11-4-2-1-3-5-11/h1-5,12-14,17H,6-10H2/t12-,13+,14-/m1/s1. The molecule has 1 aromatic rings. The molecule has 1 heterocycles. The first kappa shape index (κ1) is 12.5. The van der Waals surface area contributed by atoms with Crippen LogP contribution >= 0.6 is 0 Å². The average Bonchev–Trinajstić information content (AvgIpc) is 2.44. The zero-order valence-corrected chi connectivity index (χ0v) is 10.9. The fourth-order valence-corrected chi connectivity index (χ4v) is 3.07. The summed E-state index contributed by atoms with van der Waals surface area (Å²) >= 11 is 0. The number of likely N-dealkylation sites (tertiary alicyclic amines) is 1. The van der Waals surface area contributed by atoms with Gasteiger partial charge in [0.1, 0.15) is 6.61 Å². The van der Waals surface area contributed by atoms with E-state index in [0.717, 1.165) is 24.9 Å². The van der Waals surface area contributed by atoms with E-state index in [2.05, 4.69) is 0 Å². The molecule has 1 amide bonds. The lowest BCUT2D eigenvalue weighted by atomic mass is 9.67. The second-order valence-electron chi connectivity index (χ2n) is 5.50. The van der Waals surface area contributed by atoms with E-state index in [1.807, 2.05) is 30.3 Å². The highest BCUT2D eigenvalue weighted by Crippen LogP contribution is 2.40. The van der Waals surface area contributed by atoms with E-state index < -0.39 is 0 Å². The second kappa shape index (κ2) is 5.21. The van der Waals surface area contributed by atoms with Crippen LogP contribution in [-0.4, -0.2) is 35.3 Å². The van der Waals surface area contributed by atoms with Crippen LogP contribution in [-0.2, 0) is 11.3 Å². The number of carbonyl (C=O) groups is 1. The smallest absolute Gasteiger partial charge is 0.410 e. The minimum absolute atomic E-state index is 0.146. The lowest BCUT2D eigenvalue weighted by molar-refractivity contribution is -0.0742. The molecule has 4 heteroatoms. The van der Waals surface area contributed by atoms with Crippen molar-refractivity contribution in [3.8, 4) is 0 Å². The molecule has 1 saturated carbocycles. The van der Waals surface area contributed by atoms with Gasteiger partial charge in [0.05, 0.1) is 6.10 Å². The maximum atomic E-state index is 12.0. The number of fused-ring (bicyclic) bond motifs is 1. The molecule has 2 fully saturated rings. The number of hydrogen-bond acceptors (Lipinski definition) is 3. The number of ether oxygens (including phenoxy) is 1. The van der Waals surface area contributed by atoms with Crippen LogP contribution in [0.4, 0.5) is 4.79 Å². The first-order valence-corrected chi connectivity index (χ1v) is 6.88. The molecule has 0 radical (unpaired) electrons. The molecule has 3 rings (SSSR count). The van der Waals surface area contributed by atoms with Crippen molar-refractivity contribution in [2.75, 3.05) is 13.1 Å². The second-order valence-corrected chi connectivity index (χ2v) is 5.50. The Kier molecular flexibility index (Phi) is 3.42. The van der Waals surface area contributed by atoms with Crippen LogP contribution in [0.25, 0.3) is 0 Å². The molecule has 0 bridgehead atoms. The molecule has 1 N–H and O–H groups in total. The Morgan fingerprint density at radius 3 is 2.84 bits per heavy atom. The highest BCUT2D eigenvalue weighted by Gasteiger charge is 2.44. The minimum atomic E-state index is -0.233. The number of piperidine rings is 1. The molecule has 4 nitrogen and oxygen atoms in total. The van der Waals surface area contributed by atoms with Gasteiger partial charge in [-0.15, -0.1) is 0 Å². The number of nitrogens with zero attached hydrogens (tertiary/aromatic N) is 1. The van der Waals surface area contributed by atoms with Crippen LogP contribution < -0.4 is 0 Å². The number of benzene rings is 1. The summed E-state index contributed by atoms with van der Waals surface area (Å²) in [6, 6.07) is 9.70. The van der Waals surface area contributed by atoms with Crippen molar-refractivity contribution in [1.29, 1.82) is 0 Å². The Hall–Kier alpha value is -1.55. The quantitative estimate of drug-likeness (QED) is 0.886. The summed E-state index contributed by atoms with van der Waals surface area (Å²) < 4.78 is 5.33. The fourth-order valence-electron chi connectivity index (χ4n) is 3.07. The zero-order chi connectivity index (χ0) is 13.2. The summed E-state index contributed by atoms with van der Waals surface area (Å²) in [5.74, 6) is 0.867. The van der Waals surface area contributed by atoms with E-state index in [0.29, 0.717) is 25.0 Å². The van der Waals surface area contributed by atoms with E-state index in [1.165, 1.54) is 0 Å². The largest absolute Gasteiger partial charge is 0.445 e. The van der Waals surface area contributed by atoms with Gasteiger partial charge in [-0.05, 0) is 30.2 Å². The molecule has 0 aromatic heterocycles. The number of rotatable bonds is 2. The van der Waals surface area contributed by atoms with Gasteiger partial charge in [0.2, 0.25) is 0 Å². The molecule has 2 aliphatic rings. The molecule has 1 aromatic carbocycles. The molecule has 0 spiro atoms. The molecule has 0 unspecified atom stereocenters. The maximum Gasteiger partial charge on any atom is 0.410 e. The lowest BCUT2D eigenvalue weighted by Gasteiger charge is -2.48. The van der Waals surface area contributed by atoms with Gasteiger partial charge in [-0.3, -0.25) is 0 Å². The third-order valence-electron chi connectivity index (χ3n) is 4.29. The molecular weight excluding hydrogens is 242 g/mol. The van der Waals surface area contributed by atoms with E-state index >= 15 is 0 Å². The van der Waals surface area contributed by atoms with Crippen LogP contribution in [0.15, 0.2) is 30.3 Å². The SMILES string of the molecule is O=C(OCc1ccccc1)N1CC[C@H]2[C@H](C[C@H]2O)C1. The monoisotopic (exact) mass is 261 g/mol. The normalized spacial score (nSPS) is 29.3. The van der Waals surface area contributed by atoms with E-state index in [-0.39, 0.29) is 12.2 Å². The highest BCUT2D eigenvalue weighted by atomic mass is 16.6. The van der Waals surface area contributed by atoms with Crippen LogP contribution in [0.1, 0.15) is 18.4 Å². The van der Waals surface area contributed by atoms with Crippen molar-refractivity contribution in [2.24, 2.45) is 11.8 Å². The van der Waals surface area contributed by atoms with Gasteiger partial charge in [0, 0.05) is 13.1 Å². The third-order valence-corrected chi connectivity index (χ3v) is 4.29. The summed E-state index contributed by atoms with van der Waals surface area (Å²) in [5.41, 5.74) is 1.00. The van der Waals surface area contributed by atoms with Crippen LogP contribution in [0, 0.1) is 11.8 Å². The zero-order valence-electron chi connectivity index (χ0n) is 10.9. The number of amides is 1. The van der Waals surface area contributed by atoms with Crippen molar-refractivity contribution in [2.45, 2.75) is 25.6 Å². The Morgan fingerprint density at radius 2 is 2.16 bits per heavy atom. The van der Waals surface area contributed by atoms with Crippen molar-refractivity contribution in [3.63, 3.8) is 0 Å². The van der Waals surface area contributed by atoms with Crippen molar-refractivity contribution in [3.05, 3.63) is 35.9 Å². The van der Waals surface area contributed by atoms with E-state index in [9.17, 15) is 9.90 Å². The molecule has 1 saturated heterocycles. The number of aliphatic hydroxyl groups excluding tert-OH is 1. The molecule has 102 valence electrons. The highest BCUT2D eigenvalue weighted by molar-refractivity contribution is 5.67. The topological polar surface area (TPSA) is 49.8 Å². The fraction of sp³-hybridized carbons (Fsp3) is 0.533. The Bertz CT molecular complexity index is 448. The minimum Gasteiger partial charge on any atom is -0.445 e. The predicted octanol–water partition coefficient (Wildman–Crippen LogP) is 2.03. The first-order valence-electron chi connectivity index (χ1n) is 6.88.